The number of phenolic OH excluding ortho intramolecular Hbond substituents is 1. The van der Waals surface area contributed by atoms with E-state index >= 15 is 0 Å². The summed E-state index contributed by atoms with van der Waals surface area (Å²) in [7, 11) is 0. The van der Waals surface area contributed by atoms with Crippen molar-refractivity contribution in [2.45, 2.75) is 13.5 Å². The monoisotopic (exact) mass is 293 g/mol. The number of amides is 1. The van der Waals surface area contributed by atoms with Crippen molar-refractivity contribution in [1.82, 2.24) is 4.57 Å². The summed E-state index contributed by atoms with van der Waals surface area (Å²) in [5.41, 5.74) is -0.283. The molecule has 2 rings (SSSR count). The molecule has 2 N–H and O–H groups in total. The number of benzene rings is 1. The van der Waals surface area contributed by atoms with Crippen LogP contribution in [0.3, 0.4) is 0 Å². The Morgan fingerprint density at radius 2 is 2.19 bits per heavy atom. The lowest BCUT2D eigenvalue weighted by molar-refractivity contribution is -0.384. The maximum absolute atomic E-state index is 13.6. The number of anilines is 1. The van der Waals surface area contributed by atoms with Crippen molar-refractivity contribution in [1.29, 1.82) is 0 Å². The van der Waals surface area contributed by atoms with E-state index in [1.807, 2.05) is 0 Å². The third kappa shape index (κ3) is 2.99. The number of carbonyl (C=O) groups excluding carboxylic acids is 1. The van der Waals surface area contributed by atoms with Crippen molar-refractivity contribution in [2.24, 2.45) is 0 Å². The van der Waals surface area contributed by atoms with Gasteiger partial charge < -0.3 is 15.0 Å². The van der Waals surface area contributed by atoms with Crippen LogP contribution in [-0.2, 0) is 6.54 Å². The van der Waals surface area contributed by atoms with Gasteiger partial charge in [0.05, 0.1) is 16.8 Å². The first-order chi connectivity index (χ1) is 9.92. The Labute approximate surface area is 118 Å². The van der Waals surface area contributed by atoms with Gasteiger partial charge in [0, 0.05) is 18.7 Å². The number of phenols is 1. The highest BCUT2D eigenvalue weighted by Gasteiger charge is 2.19. The molecule has 1 aromatic heterocycles. The number of rotatable bonds is 4. The fraction of sp³-hybridized carbons (Fsp3) is 0.154. The van der Waals surface area contributed by atoms with Gasteiger partial charge in [0.1, 0.15) is 17.3 Å². The molecule has 2 aromatic rings. The summed E-state index contributed by atoms with van der Waals surface area (Å²) in [6.07, 6.45) is 1.24. The molecule has 0 spiro atoms. The van der Waals surface area contributed by atoms with Gasteiger partial charge in [0.15, 0.2) is 0 Å². The second kappa shape index (κ2) is 5.61. The van der Waals surface area contributed by atoms with E-state index in [4.69, 9.17) is 5.11 Å². The van der Waals surface area contributed by atoms with Crippen LogP contribution in [0.15, 0.2) is 30.5 Å². The average molecular weight is 293 g/mol. The fourth-order valence-electron chi connectivity index (χ4n) is 1.84. The molecule has 21 heavy (non-hydrogen) atoms. The Bertz CT molecular complexity index is 711. The molecule has 8 heteroatoms. The molecule has 0 atom stereocenters. The van der Waals surface area contributed by atoms with Gasteiger partial charge in [-0.25, -0.2) is 4.39 Å². The van der Waals surface area contributed by atoms with Crippen LogP contribution < -0.4 is 5.32 Å². The third-order valence-electron chi connectivity index (χ3n) is 2.87. The van der Waals surface area contributed by atoms with Crippen molar-refractivity contribution in [3.63, 3.8) is 0 Å². The average Bonchev–Trinajstić information content (AvgIpc) is 2.86. The molecule has 0 aliphatic carbocycles. The Morgan fingerprint density at radius 1 is 1.48 bits per heavy atom. The van der Waals surface area contributed by atoms with Gasteiger partial charge >= 0.3 is 0 Å². The summed E-state index contributed by atoms with van der Waals surface area (Å²) >= 11 is 0. The number of nitro groups is 1. The predicted octanol–water partition coefficient (Wildman–Crippen LogP) is 2.51. The molecule has 0 saturated carbocycles. The van der Waals surface area contributed by atoms with Crippen molar-refractivity contribution in [3.8, 4) is 5.75 Å². The summed E-state index contributed by atoms with van der Waals surface area (Å²) in [6.45, 7) is 2.08. The van der Waals surface area contributed by atoms with Crippen LogP contribution in [0.2, 0.25) is 0 Å². The van der Waals surface area contributed by atoms with Crippen molar-refractivity contribution in [2.75, 3.05) is 5.32 Å². The van der Waals surface area contributed by atoms with E-state index in [1.165, 1.54) is 22.9 Å². The second-order valence-corrected chi connectivity index (χ2v) is 4.24. The lowest BCUT2D eigenvalue weighted by Gasteiger charge is -2.08. The molecule has 1 amide bonds. The number of halogens is 1. The first kappa shape index (κ1) is 14.5. The number of nitrogens with one attached hydrogen (secondary N) is 1. The lowest BCUT2D eigenvalue weighted by atomic mass is 10.2. The van der Waals surface area contributed by atoms with E-state index in [9.17, 15) is 19.3 Å². The van der Waals surface area contributed by atoms with Crippen molar-refractivity contribution >= 4 is 17.3 Å². The summed E-state index contributed by atoms with van der Waals surface area (Å²) in [5.74, 6) is -1.74. The number of carbonyl (C=O) groups is 1. The molecular weight excluding hydrogens is 281 g/mol. The van der Waals surface area contributed by atoms with Gasteiger partial charge in [0.2, 0.25) is 0 Å². The van der Waals surface area contributed by atoms with E-state index in [0.717, 1.165) is 12.1 Å². The largest absolute Gasteiger partial charge is 0.508 e. The Hall–Kier alpha value is -2.90. The highest BCUT2D eigenvalue weighted by molar-refractivity contribution is 6.03. The Balaban J connectivity index is 2.29. The minimum Gasteiger partial charge on any atom is -0.508 e. The molecule has 0 saturated heterocycles. The van der Waals surface area contributed by atoms with Crippen LogP contribution in [0.4, 0.5) is 15.8 Å². The number of hydrogen-bond acceptors (Lipinski definition) is 4. The quantitative estimate of drug-likeness (QED) is 0.514. The van der Waals surface area contributed by atoms with E-state index in [-0.39, 0.29) is 22.8 Å². The van der Waals surface area contributed by atoms with Gasteiger partial charge in [0.25, 0.3) is 11.6 Å². The second-order valence-electron chi connectivity index (χ2n) is 4.24. The number of nitrogens with zero attached hydrogens (tertiary/aromatic N) is 2. The van der Waals surface area contributed by atoms with E-state index in [2.05, 4.69) is 5.32 Å². The fourth-order valence-corrected chi connectivity index (χ4v) is 1.84. The molecule has 0 unspecified atom stereocenters. The molecule has 0 aliphatic rings. The molecule has 0 radical (unpaired) electrons. The first-order valence-electron chi connectivity index (χ1n) is 6.06. The SMILES string of the molecule is CCn1cc([N+](=O)[O-])cc1C(=O)Nc1ccc(O)cc1F. The minimum atomic E-state index is -0.799. The normalized spacial score (nSPS) is 10.4. The zero-order chi connectivity index (χ0) is 15.6. The van der Waals surface area contributed by atoms with Gasteiger partial charge in [-0.1, -0.05) is 0 Å². The maximum Gasteiger partial charge on any atom is 0.287 e. The van der Waals surface area contributed by atoms with E-state index in [0.29, 0.717) is 6.54 Å². The molecule has 1 heterocycles. The standard InChI is InChI=1S/C13H12FN3O4/c1-2-16-7-8(17(20)21)5-12(16)13(19)15-11-4-3-9(18)6-10(11)14/h3-7,18H,2H2,1H3,(H,15,19). The highest BCUT2D eigenvalue weighted by atomic mass is 19.1. The van der Waals surface area contributed by atoms with Gasteiger partial charge in [-0.2, -0.15) is 0 Å². The molecular formula is C13H12FN3O4. The minimum absolute atomic E-state index is 0.0525. The van der Waals surface area contributed by atoms with Crippen LogP contribution in [-0.4, -0.2) is 20.5 Å². The molecule has 0 bridgehead atoms. The number of aromatic nitrogens is 1. The van der Waals surface area contributed by atoms with Crippen LogP contribution in [0, 0.1) is 15.9 Å². The number of aromatic hydroxyl groups is 1. The van der Waals surface area contributed by atoms with Gasteiger partial charge in [-0.3, -0.25) is 14.9 Å². The van der Waals surface area contributed by atoms with Gasteiger partial charge in [-0.15, -0.1) is 0 Å². The van der Waals surface area contributed by atoms with Crippen molar-refractivity contribution < 1.29 is 19.2 Å². The van der Waals surface area contributed by atoms with Crippen LogP contribution >= 0.6 is 0 Å². The molecule has 7 nitrogen and oxygen atoms in total. The van der Waals surface area contributed by atoms with Crippen LogP contribution in [0.1, 0.15) is 17.4 Å². The summed E-state index contributed by atoms with van der Waals surface area (Å²) in [5, 5.41) is 22.1. The smallest absolute Gasteiger partial charge is 0.287 e. The molecule has 0 fully saturated rings. The topological polar surface area (TPSA) is 97.4 Å². The summed E-state index contributed by atoms with van der Waals surface area (Å²) in [4.78, 5) is 22.2. The van der Waals surface area contributed by atoms with Crippen molar-refractivity contribution in [3.05, 3.63) is 52.1 Å². The Morgan fingerprint density at radius 3 is 2.76 bits per heavy atom. The summed E-state index contributed by atoms with van der Waals surface area (Å²) in [6, 6.07) is 4.41. The van der Waals surface area contributed by atoms with E-state index in [1.54, 1.807) is 6.92 Å². The molecule has 1 aromatic carbocycles. The molecule has 0 aliphatic heterocycles. The Kier molecular flexibility index (Phi) is 3.88. The number of aryl methyl sites for hydroxylation is 1. The lowest BCUT2D eigenvalue weighted by Crippen LogP contribution is -2.17. The van der Waals surface area contributed by atoms with Gasteiger partial charge in [-0.05, 0) is 19.1 Å². The zero-order valence-corrected chi connectivity index (χ0v) is 11.0. The highest BCUT2D eigenvalue weighted by Crippen LogP contribution is 2.22. The number of hydrogen-bond donors (Lipinski definition) is 2. The predicted molar refractivity (Wildman–Crippen MR) is 72.8 cm³/mol. The maximum atomic E-state index is 13.6. The zero-order valence-electron chi connectivity index (χ0n) is 11.0. The van der Waals surface area contributed by atoms with Crippen LogP contribution in [0.5, 0.6) is 5.75 Å². The summed E-state index contributed by atoms with van der Waals surface area (Å²) < 4.78 is 14.9. The van der Waals surface area contributed by atoms with Crippen LogP contribution in [0.25, 0.3) is 0 Å². The first-order valence-corrected chi connectivity index (χ1v) is 6.06. The molecule has 110 valence electrons. The third-order valence-corrected chi connectivity index (χ3v) is 2.87. The van der Waals surface area contributed by atoms with E-state index < -0.39 is 16.6 Å².